The summed E-state index contributed by atoms with van der Waals surface area (Å²) in [5.41, 5.74) is -1.03. The van der Waals surface area contributed by atoms with Gasteiger partial charge < -0.3 is 4.90 Å². The number of anilines is 1. The van der Waals surface area contributed by atoms with Crippen molar-refractivity contribution < 1.29 is 27.6 Å². The van der Waals surface area contributed by atoms with Crippen LogP contribution >= 0.6 is 34.7 Å². The number of benzene rings is 2. The zero-order valence-corrected chi connectivity index (χ0v) is 23.8. The molecule has 3 atom stereocenters. The van der Waals surface area contributed by atoms with Crippen molar-refractivity contribution in [3.63, 3.8) is 0 Å². The molecule has 0 spiro atoms. The van der Waals surface area contributed by atoms with E-state index in [0.29, 0.717) is 38.5 Å². The van der Waals surface area contributed by atoms with Gasteiger partial charge in [0.1, 0.15) is 11.8 Å². The van der Waals surface area contributed by atoms with Crippen molar-refractivity contribution in [1.29, 1.82) is 0 Å². The number of amides is 3. The minimum atomic E-state index is -4.79. The number of carbonyl (C=O) groups is 3. The summed E-state index contributed by atoms with van der Waals surface area (Å²) in [6, 6.07) is 11.1. The van der Waals surface area contributed by atoms with Gasteiger partial charge >= 0.3 is 11.0 Å². The fraction of sp³-hybridized carbons (Fsp3) is 0.357. The van der Waals surface area contributed by atoms with Crippen LogP contribution in [-0.4, -0.2) is 45.5 Å². The number of alkyl halides is 3. The molecule has 0 bridgehead atoms. The summed E-state index contributed by atoms with van der Waals surface area (Å²) in [5, 5.41) is -0.274. The van der Waals surface area contributed by atoms with Gasteiger partial charge in [-0.15, -0.1) is 0 Å². The molecule has 0 aliphatic carbocycles. The number of thioether (sulfide) groups is 1. The van der Waals surface area contributed by atoms with Gasteiger partial charge in [0.15, 0.2) is 0 Å². The minimum Gasteiger partial charge on any atom is -0.341 e. The van der Waals surface area contributed by atoms with Gasteiger partial charge in [-0.05, 0) is 49.1 Å². The van der Waals surface area contributed by atoms with E-state index in [-0.39, 0.29) is 12.5 Å². The number of para-hydroxylation sites is 1. The van der Waals surface area contributed by atoms with Crippen molar-refractivity contribution in [3.05, 3.63) is 79.2 Å². The van der Waals surface area contributed by atoms with E-state index in [2.05, 4.69) is 0 Å². The number of aromatic nitrogens is 1. The lowest BCUT2D eigenvalue weighted by Crippen LogP contribution is -2.39. The second-order valence-electron chi connectivity index (χ2n) is 10.2. The van der Waals surface area contributed by atoms with Crippen LogP contribution in [0.3, 0.4) is 0 Å². The predicted octanol–water partition coefficient (Wildman–Crippen LogP) is 5.39. The van der Waals surface area contributed by atoms with Crippen LogP contribution in [0, 0.1) is 5.92 Å². The van der Waals surface area contributed by atoms with E-state index in [1.807, 2.05) is 0 Å². The molecule has 0 radical (unpaired) electrons. The molecule has 41 heavy (non-hydrogen) atoms. The Balaban J connectivity index is 1.45. The summed E-state index contributed by atoms with van der Waals surface area (Å²) in [6.45, 7) is 0.989. The Labute approximate surface area is 245 Å². The second kappa shape index (κ2) is 10.6. The first-order valence-electron chi connectivity index (χ1n) is 13.0. The molecule has 7 nitrogen and oxygen atoms in total. The van der Waals surface area contributed by atoms with Gasteiger partial charge in [-0.1, -0.05) is 59.0 Å². The highest BCUT2D eigenvalue weighted by Crippen LogP contribution is 2.54. The first kappa shape index (κ1) is 28.0. The van der Waals surface area contributed by atoms with E-state index in [9.17, 15) is 32.3 Å². The fourth-order valence-corrected chi connectivity index (χ4v) is 8.71. The molecule has 2 fully saturated rings. The third kappa shape index (κ3) is 4.89. The molecule has 3 amide bonds. The molecule has 13 heteroatoms. The average molecular weight is 622 g/mol. The lowest BCUT2D eigenvalue weighted by molar-refractivity contribution is -0.137. The van der Waals surface area contributed by atoms with Crippen LogP contribution in [0.5, 0.6) is 0 Å². The molecule has 1 aromatic heterocycles. The van der Waals surface area contributed by atoms with Crippen molar-refractivity contribution in [1.82, 2.24) is 9.47 Å². The number of fused-ring (bicyclic) bond motifs is 2. The van der Waals surface area contributed by atoms with Gasteiger partial charge in [-0.3, -0.25) is 23.7 Å². The Bertz CT molecular complexity index is 1600. The Kier molecular flexibility index (Phi) is 7.27. The van der Waals surface area contributed by atoms with Crippen molar-refractivity contribution in [2.24, 2.45) is 5.92 Å². The highest BCUT2D eigenvalue weighted by atomic mass is 35.5. The Morgan fingerprint density at radius 2 is 1.63 bits per heavy atom. The monoisotopic (exact) mass is 621 g/mol. The molecule has 2 aromatic carbocycles. The van der Waals surface area contributed by atoms with E-state index in [1.54, 1.807) is 29.2 Å². The molecule has 0 N–H and O–H groups in total. The third-order valence-corrected chi connectivity index (χ3v) is 10.6. The van der Waals surface area contributed by atoms with Crippen LogP contribution in [-0.2, 0) is 27.1 Å². The number of thiazole rings is 1. The molecule has 2 saturated heterocycles. The van der Waals surface area contributed by atoms with Crippen LogP contribution in [0.1, 0.15) is 41.2 Å². The number of hydrogen-bond acceptors (Lipinski definition) is 6. The number of rotatable bonds is 4. The van der Waals surface area contributed by atoms with Crippen LogP contribution in [0.15, 0.2) is 58.4 Å². The lowest BCUT2D eigenvalue weighted by atomic mass is 9.83. The van der Waals surface area contributed by atoms with Gasteiger partial charge in [-0.2, -0.15) is 13.2 Å². The van der Waals surface area contributed by atoms with Crippen molar-refractivity contribution in [3.8, 4) is 0 Å². The van der Waals surface area contributed by atoms with E-state index in [4.69, 9.17) is 11.6 Å². The Morgan fingerprint density at radius 3 is 2.32 bits per heavy atom. The van der Waals surface area contributed by atoms with Gasteiger partial charge in [0.05, 0.1) is 22.2 Å². The lowest BCUT2D eigenvalue weighted by Gasteiger charge is -2.31. The maximum atomic E-state index is 13.9. The minimum absolute atomic E-state index is 0.215. The van der Waals surface area contributed by atoms with Crippen LogP contribution in [0.4, 0.5) is 18.9 Å². The summed E-state index contributed by atoms with van der Waals surface area (Å²) in [6.07, 6.45) is -2.00. The maximum Gasteiger partial charge on any atom is 0.418 e. The molecule has 6 rings (SSSR count). The van der Waals surface area contributed by atoms with Gasteiger partial charge in [0.25, 0.3) is 0 Å². The molecule has 3 aliphatic rings. The number of imide groups is 1. The molecule has 214 valence electrons. The van der Waals surface area contributed by atoms with Crippen LogP contribution in [0.2, 0.25) is 5.02 Å². The highest BCUT2D eigenvalue weighted by molar-refractivity contribution is 8.00. The number of piperidine rings is 1. The number of likely N-dealkylation sites (tertiary alicyclic amines) is 1. The van der Waals surface area contributed by atoms with Crippen molar-refractivity contribution >= 4 is 58.1 Å². The molecule has 3 aromatic rings. The van der Waals surface area contributed by atoms with Gasteiger partial charge in [0.2, 0.25) is 17.7 Å². The standard InChI is InChI=1S/C28H23ClF3N3O4S2/c29-16-10-8-15(9-11-16)20-21-22(25(38)35(24(21)37)18-7-3-2-6-17(18)28(30,31)32)40-26-23(20)41-27(39)34(26)14-19(36)33-12-4-1-5-13-33/h2-3,6-11,20-22H,1,4-5,12-14H2/t20-,21-,22+/m0/s1. The largest absolute Gasteiger partial charge is 0.418 e. The molecular formula is C28H23ClF3N3O4S2. The van der Waals surface area contributed by atoms with Crippen LogP contribution in [0.25, 0.3) is 0 Å². The number of carbonyl (C=O) groups excluding carboxylic acids is 3. The van der Waals surface area contributed by atoms with E-state index >= 15 is 0 Å². The third-order valence-electron chi connectivity index (χ3n) is 7.73. The molecular weight excluding hydrogens is 599 g/mol. The zero-order chi connectivity index (χ0) is 29.1. The van der Waals surface area contributed by atoms with E-state index < -0.39 is 51.2 Å². The summed E-state index contributed by atoms with van der Waals surface area (Å²) in [4.78, 5) is 56.5. The summed E-state index contributed by atoms with van der Waals surface area (Å²) >= 11 is 7.97. The van der Waals surface area contributed by atoms with E-state index in [0.717, 1.165) is 54.5 Å². The number of nitrogens with zero attached hydrogens (tertiary/aromatic N) is 3. The first-order valence-corrected chi connectivity index (χ1v) is 15.1. The number of hydrogen-bond donors (Lipinski definition) is 0. The van der Waals surface area contributed by atoms with Crippen molar-refractivity contribution in [2.75, 3.05) is 18.0 Å². The highest BCUT2D eigenvalue weighted by Gasteiger charge is 2.57. The average Bonchev–Trinajstić information content (AvgIpc) is 3.39. The summed E-state index contributed by atoms with van der Waals surface area (Å²) in [5.74, 6) is -3.64. The summed E-state index contributed by atoms with van der Waals surface area (Å²) in [7, 11) is 0. The molecule has 3 aliphatic heterocycles. The quantitative estimate of drug-likeness (QED) is 0.365. The fourth-order valence-electron chi connectivity index (χ4n) is 5.81. The first-order chi connectivity index (χ1) is 19.6. The second-order valence-corrected chi connectivity index (χ2v) is 12.7. The molecule has 0 saturated carbocycles. The Hall–Kier alpha value is -3.09. The Morgan fingerprint density at radius 1 is 0.951 bits per heavy atom. The van der Waals surface area contributed by atoms with E-state index in [1.165, 1.54) is 16.7 Å². The maximum absolute atomic E-state index is 13.9. The topological polar surface area (TPSA) is 79.7 Å². The van der Waals surface area contributed by atoms with Gasteiger partial charge in [0, 0.05) is 28.9 Å². The normalized spacial score (nSPS) is 22.6. The molecule has 4 heterocycles. The zero-order valence-electron chi connectivity index (χ0n) is 21.4. The van der Waals surface area contributed by atoms with Gasteiger partial charge in [-0.25, -0.2) is 4.90 Å². The SMILES string of the molecule is O=C(Cn1c2c(sc1=O)[C@@H](c1ccc(Cl)cc1)[C@@H]1C(=O)N(c3ccccc3C(F)(F)F)C(=O)[C@@H]1S2)N1CCCCC1. The number of halogens is 4. The molecule has 0 unspecified atom stereocenters. The summed E-state index contributed by atoms with van der Waals surface area (Å²) < 4.78 is 43.1. The van der Waals surface area contributed by atoms with Crippen molar-refractivity contribution in [2.45, 2.75) is 48.2 Å². The smallest absolute Gasteiger partial charge is 0.341 e. The van der Waals surface area contributed by atoms with Crippen LogP contribution < -0.4 is 9.77 Å². The predicted molar refractivity (Wildman–Crippen MR) is 149 cm³/mol.